The van der Waals surface area contributed by atoms with Gasteiger partial charge in [-0.05, 0) is 36.8 Å². The van der Waals surface area contributed by atoms with Crippen LogP contribution >= 0.6 is 0 Å². The average Bonchev–Trinajstić information content (AvgIpc) is 3.06. The van der Waals surface area contributed by atoms with E-state index in [0.29, 0.717) is 18.7 Å². The molecule has 1 saturated heterocycles. The Labute approximate surface area is 144 Å². The zero-order chi connectivity index (χ0) is 17.8. The van der Waals surface area contributed by atoms with E-state index in [1.807, 2.05) is 6.07 Å². The molecule has 0 spiro atoms. The van der Waals surface area contributed by atoms with Gasteiger partial charge in [-0.15, -0.1) is 0 Å². The van der Waals surface area contributed by atoms with Gasteiger partial charge in [-0.1, -0.05) is 12.1 Å². The quantitative estimate of drug-likeness (QED) is 0.803. The zero-order valence-electron chi connectivity index (χ0n) is 13.4. The second-order valence-corrected chi connectivity index (χ2v) is 5.66. The Hall–Kier alpha value is -3.20. The molecule has 1 fully saturated rings. The minimum absolute atomic E-state index is 0.0342. The molecule has 126 valence electrons. The van der Waals surface area contributed by atoms with Crippen molar-refractivity contribution >= 4 is 17.6 Å². The molecule has 5 nitrogen and oxygen atoms in total. The van der Waals surface area contributed by atoms with Crippen molar-refractivity contribution in [2.45, 2.75) is 19.4 Å². The number of nitriles is 1. The SMILES string of the molecule is N#Cc1ccc(F)c(COC(=O)c2ccccc2N2CCCC2=O)c1. The normalized spacial score (nSPS) is 13.6. The summed E-state index contributed by atoms with van der Waals surface area (Å²) < 4.78 is 19.0. The molecule has 0 aromatic heterocycles. The van der Waals surface area contributed by atoms with Crippen LogP contribution < -0.4 is 4.90 Å². The summed E-state index contributed by atoms with van der Waals surface area (Å²) in [5.74, 6) is -1.22. The number of anilines is 1. The lowest BCUT2D eigenvalue weighted by molar-refractivity contribution is -0.117. The topological polar surface area (TPSA) is 70.4 Å². The van der Waals surface area contributed by atoms with Crippen molar-refractivity contribution in [1.82, 2.24) is 0 Å². The van der Waals surface area contributed by atoms with Crippen LogP contribution in [0.15, 0.2) is 42.5 Å². The molecule has 0 aliphatic carbocycles. The number of carbonyl (C=O) groups is 2. The first-order valence-corrected chi connectivity index (χ1v) is 7.85. The standard InChI is InChI=1S/C19H15FN2O3/c20-16-8-7-13(11-21)10-14(16)12-25-19(24)15-4-1-2-5-17(15)22-9-3-6-18(22)23/h1-2,4-5,7-8,10H,3,6,9,12H2. The molecule has 0 saturated carbocycles. The first-order valence-electron chi connectivity index (χ1n) is 7.85. The number of benzene rings is 2. The van der Waals surface area contributed by atoms with Gasteiger partial charge < -0.3 is 9.64 Å². The Bertz CT molecular complexity index is 873. The maximum atomic E-state index is 13.8. The van der Waals surface area contributed by atoms with Crippen LogP contribution in [0, 0.1) is 17.1 Å². The summed E-state index contributed by atoms with van der Waals surface area (Å²) in [7, 11) is 0. The second kappa shape index (κ2) is 7.14. The number of nitrogens with zero attached hydrogens (tertiary/aromatic N) is 2. The van der Waals surface area contributed by atoms with Crippen molar-refractivity contribution in [1.29, 1.82) is 5.26 Å². The maximum absolute atomic E-state index is 13.8. The third kappa shape index (κ3) is 3.50. The van der Waals surface area contributed by atoms with Gasteiger partial charge in [-0.2, -0.15) is 5.26 Å². The van der Waals surface area contributed by atoms with E-state index in [2.05, 4.69) is 0 Å². The van der Waals surface area contributed by atoms with Gasteiger partial charge in [0.1, 0.15) is 12.4 Å². The Morgan fingerprint density at radius 1 is 1.28 bits per heavy atom. The molecule has 0 N–H and O–H groups in total. The Kier molecular flexibility index (Phi) is 4.75. The molecule has 0 unspecified atom stereocenters. The molecule has 0 bridgehead atoms. The maximum Gasteiger partial charge on any atom is 0.340 e. The fourth-order valence-electron chi connectivity index (χ4n) is 2.76. The summed E-state index contributed by atoms with van der Waals surface area (Å²) in [6, 6.07) is 12.5. The molecule has 0 radical (unpaired) electrons. The predicted molar refractivity (Wildman–Crippen MR) is 88.3 cm³/mol. The lowest BCUT2D eigenvalue weighted by Crippen LogP contribution is -2.26. The molecule has 1 aliphatic rings. The van der Waals surface area contributed by atoms with Crippen molar-refractivity contribution in [3.63, 3.8) is 0 Å². The molecule has 1 amide bonds. The van der Waals surface area contributed by atoms with Crippen LogP contribution in [0.2, 0.25) is 0 Å². The van der Waals surface area contributed by atoms with E-state index in [1.165, 1.54) is 18.2 Å². The van der Waals surface area contributed by atoms with Gasteiger partial charge in [0.15, 0.2) is 0 Å². The van der Waals surface area contributed by atoms with E-state index in [0.717, 1.165) is 6.42 Å². The first kappa shape index (κ1) is 16.7. The molecule has 0 atom stereocenters. The van der Waals surface area contributed by atoms with E-state index in [9.17, 15) is 14.0 Å². The molecule has 6 heteroatoms. The number of carbonyl (C=O) groups excluding carboxylic acids is 2. The number of halogens is 1. The van der Waals surface area contributed by atoms with Crippen molar-refractivity contribution in [3.8, 4) is 6.07 Å². The third-order valence-corrected chi connectivity index (χ3v) is 4.02. The third-order valence-electron chi connectivity index (χ3n) is 4.02. The van der Waals surface area contributed by atoms with Crippen LogP contribution in [0.3, 0.4) is 0 Å². The van der Waals surface area contributed by atoms with E-state index in [-0.39, 0.29) is 29.2 Å². The van der Waals surface area contributed by atoms with Gasteiger partial charge in [0.2, 0.25) is 5.91 Å². The van der Waals surface area contributed by atoms with Crippen molar-refractivity contribution in [3.05, 3.63) is 65.0 Å². The molecule has 2 aromatic rings. The smallest absolute Gasteiger partial charge is 0.340 e. The highest BCUT2D eigenvalue weighted by molar-refractivity contribution is 6.03. The summed E-state index contributed by atoms with van der Waals surface area (Å²) in [5, 5.41) is 8.87. The molecule has 3 rings (SSSR count). The highest BCUT2D eigenvalue weighted by Crippen LogP contribution is 2.26. The van der Waals surface area contributed by atoms with Gasteiger partial charge in [0.25, 0.3) is 0 Å². The van der Waals surface area contributed by atoms with Crippen LogP contribution in [0.25, 0.3) is 0 Å². The second-order valence-electron chi connectivity index (χ2n) is 5.66. The first-order chi connectivity index (χ1) is 12.1. The Morgan fingerprint density at radius 2 is 2.08 bits per heavy atom. The van der Waals surface area contributed by atoms with Crippen molar-refractivity contribution in [2.24, 2.45) is 0 Å². The molecule has 1 heterocycles. The number of hydrogen-bond donors (Lipinski definition) is 0. The lowest BCUT2D eigenvalue weighted by Gasteiger charge is -2.19. The summed E-state index contributed by atoms with van der Waals surface area (Å²) in [6.45, 7) is 0.268. The monoisotopic (exact) mass is 338 g/mol. The van der Waals surface area contributed by atoms with Gasteiger partial charge in [-0.25, -0.2) is 9.18 Å². The van der Waals surface area contributed by atoms with Crippen molar-refractivity contribution < 1.29 is 18.7 Å². The van der Waals surface area contributed by atoms with Gasteiger partial charge in [0.05, 0.1) is 22.9 Å². The summed E-state index contributed by atoms with van der Waals surface area (Å²) in [5.41, 5.74) is 1.17. The predicted octanol–water partition coefficient (Wildman–Crippen LogP) is 3.18. The Morgan fingerprint density at radius 3 is 2.80 bits per heavy atom. The summed E-state index contributed by atoms with van der Waals surface area (Å²) in [6.07, 6.45) is 1.20. The Balaban J connectivity index is 1.79. The highest BCUT2D eigenvalue weighted by atomic mass is 19.1. The molecule has 1 aliphatic heterocycles. The van der Waals surface area contributed by atoms with Gasteiger partial charge in [0, 0.05) is 18.5 Å². The lowest BCUT2D eigenvalue weighted by atomic mass is 10.1. The molecule has 25 heavy (non-hydrogen) atoms. The summed E-state index contributed by atoms with van der Waals surface area (Å²) in [4.78, 5) is 25.9. The van der Waals surface area contributed by atoms with Crippen LogP contribution in [-0.2, 0) is 16.1 Å². The average molecular weight is 338 g/mol. The number of hydrogen-bond acceptors (Lipinski definition) is 4. The van der Waals surface area contributed by atoms with E-state index in [1.54, 1.807) is 29.2 Å². The van der Waals surface area contributed by atoms with Crippen LogP contribution in [0.4, 0.5) is 10.1 Å². The van der Waals surface area contributed by atoms with Crippen LogP contribution in [0.1, 0.15) is 34.3 Å². The minimum Gasteiger partial charge on any atom is -0.457 e. The number of rotatable bonds is 4. The van der Waals surface area contributed by atoms with Gasteiger partial charge >= 0.3 is 5.97 Å². The fraction of sp³-hybridized carbons (Fsp3) is 0.211. The largest absolute Gasteiger partial charge is 0.457 e. The number of ether oxygens (including phenoxy) is 1. The highest BCUT2D eigenvalue weighted by Gasteiger charge is 2.26. The number of esters is 1. The van der Waals surface area contributed by atoms with E-state index < -0.39 is 11.8 Å². The zero-order valence-corrected chi connectivity index (χ0v) is 13.4. The van der Waals surface area contributed by atoms with Crippen molar-refractivity contribution in [2.75, 3.05) is 11.4 Å². The fourth-order valence-corrected chi connectivity index (χ4v) is 2.76. The van der Waals surface area contributed by atoms with E-state index in [4.69, 9.17) is 10.00 Å². The molecular formula is C19H15FN2O3. The van der Waals surface area contributed by atoms with E-state index >= 15 is 0 Å². The molecular weight excluding hydrogens is 323 g/mol. The molecule has 2 aromatic carbocycles. The van der Waals surface area contributed by atoms with Crippen LogP contribution in [-0.4, -0.2) is 18.4 Å². The summed E-state index contributed by atoms with van der Waals surface area (Å²) >= 11 is 0. The van der Waals surface area contributed by atoms with Gasteiger partial charge in [-0.3, -0.25) is 4.79 Å². The van der Waals surface area contributed by atoms with Crippen LogP contribution in [0.5, 0.6) is 0 Å². The minimum atomic E-state index is -0.642. The number of para-hydroxylation sites is 1. The number of amides is 1.